The van der Waals surface area contributed by atoms with E-state index in [-0.39, 0.29) is 5.38 Å². The maximum absolute atomic E-state index is 5.71. The van der Waals surface area contributed by atoms with Gasteiger partial charge < -0.3 is 5.73 Å². The van der Waals surface area contributed by atoms with E-state index in [1.165, 1.54) is 0 Å². The van der Waals surface area contributed by atoms with Gasteiger partial charge in [0.25, 0.3) is 0 Å². The zero-order chi connectivity index (χ0) is 6.85. The van der Waals surface area contributed by atoms with E-state index in [0.29, 0.717) is 12.4 Å². The lowest BCUT2D eigenvalue weighted by Crippen LogP contribution is -2.19. The standard InChI is InChI=1S/C5H6BrClN2/c6-4-1-3(7)2-9-5(4)8/h1,3H,2H2,(H2,8,9). The number of nitrogens with two attached hydrogens (primary N) is 1. The highest BCUT2D eigenvalue weighted by molar-refractivity contribution is 9.12. The van der Waals surface area contributed by atoms with Gasteiger partial charge in [-0.25, -0.2) is 0 Å². The summed E-state index contributed by atoms with van der Waals surface area (Å²) in [5.41, 5.74) is 5.42. The molecule has 50 valence electrons. The van der Waals surface area contributed by atoms with Crippen LogP contribution in [0.5, 0.6) is 0 Å². The Kier molecular flexibility index (Phi) is 2.13. The van der Waals surface area contributed by atoms with E-state index in [1.54, 1.807) is 0 Å². The van der Waals surface area contributed by atoms with Gasteiger partial charge in [0.15, 0.2) is 0 Å². The van der Waals surface area contributed by atoms with Crippen LogP contribution in [0.2, 0.25) is 0 Å². The number of nitrogens with zero attached hydrogens (tertiary/aromatic N) is 1. The van der Waals surface area contributed by atoms with Crippen LogP contribution in [0.4, 0.5) is 0 Å². The highest BCUT2D eigenvalue weighted by Gasteiger charge is 2.09. The molecule has 2 N–H and O–H groups in total. The SMILES string of the molecule is NC1=NCC(Cl)C=C1Br. The Morgan fingerprint density at radius 2 is 2.56 bits per heavy atom. The van der Waals surface area contributed by atoms with E-state index < -0.39 is 0 Å². The molecule has 1 unspecified atom stereocenters. The number of rotatable bonds is 0. The van der Waals surface area contributed by atoms with Crippen molar-refractivity contribution >= 4 is 33.4 Å². The maximum atomic E-state index is 5.71. The monoisotopic (exact) mass is 208 g/mol. The quantitative estimate of drug-likeness (QED) is 0.599. The lowest BCUT2D eigenvalue weighted by Gasteiger charge is -2.08. The van der Waals surface area contributed by atoms with Gasteiger partial charge in [0.1, 0.15) is 5.84 Å². The molecular formula is C5H6BrClN2. The molecule has 1 atom stereocenters. The molecule has 1 rings (SSSR count). The molecule has 0 saturated carbocycles. The normalized spacial score (nSPS) is 27.1. The Hall–Kier alpha value is -0.0200. The Morgan fingerprint density at radius 1 is 1.89 bits per heavy atom. The molecule has 1 aliphatic heterocycles. The van der Waals surface area contributed by atoms with Gasteiger partial charge in [0.05, 0.1) is 16.4 Å². The van der Waals surface area contributed by atoms with E-state index in [4.69, 9.17) is 17.3 Å². The number of alkyl halides is 1. The second-order valence-corrected chi connectivity index (χ2v) is 3.17. The minimum atomic E-state index is -0.00771. The molecule has 0 spiro atoms. The van der Waals surface area contributed by atoms with Crippen molar-refractivity contribution in [3.05, 3.63) is 10.6 Å². The summed E-state index contributed by atoms with van der Waals surface area (Å²) in [5.74, 6) is 0.534. The molecule has 0 fully saturated rings. The highest BCUT2D eigenvalue weighted by Crippen LogP contribution is 2.14. The molecule has 0 radical (unpaired) electrons. The van der Waals surface area contributed by atoms with E-state index in [2.05, 4.69) is 20.9 Å². The van der Waals surface area contributed by atoms with Gasteiger partial charge in [-0.05, 0) is 22.0 Å². The molecule has 0 amide bonds. The van der Waals surface area contributed by atoms with Gasteiger partial charge in [-0.3, -0.25) is 4.99 Å². The molecule has 0 aromatic carbocycles. The summed E-state index contributed by atoms with van der Waals surface area (Å²) in [7, 11) is 0. The second-order valence-electron chi connectivity index (χ2n) is 1.76. The topological polar surface area (TPSA) is 38.4 Å². The van der Waals surface area contributed by atoms with Crippen molar-refractivity contribution in [1.82, 2.24) is 0 Å². The van der Waals surface area contributed by atoms with Crippen LogP contribution in [0, 0.1) is 0 Å². The number of aliphatic imine (C=N–C) groups is 1. The van der Waals surface area contributed by atoms with Gasteiger partial charge in [-0.2, -0.15) is 0 Å². The fourth-order valence-corrected chi connectivity index (χ4v) is 1.35. The molecule has 9 heavy (non-hydrogen) atoms. The first-order valence-corrected chi connectivity index (χ1v) is 3.75. The van der Waals surface area contributed by atoms with Crippen LogP contribution < -0.4 is 5.73 Å². The molecule has 0 aromatic rings. The van der Waals surface area contributed by atoms with Crippen molar-refractivity contribution in [3.63, 3.8) is 0 Å². The van der Waals surface area contributed by atoms with Crippen LogP contribution in [-0.4, -0.2) is 17.8 Å². The van der Waals surface area contributed by atoms with Crippen molar-refractivity contribution in [3.8, 4) is 0 Å². The van der Waals surface area contributed by atoms with Crippen LogP contribution in [0.15, 0.2) is 15.6 Å². The molecule has 0 saturated heterocycles. The first-order valence-electron chi connectivity index (χ1n) is 2.52. The first-order chi connectivity index (χ1) is 4.20. The molecule has 0 aromatic heterocycles. The Labute approximate surface area is 66.9 Å². The average molecular weight is 209 g/mol. The van der Waals surface area contributed by atoms with Crippen LogP contribution >= 0.6 is 27.5 Å². The minimum Gasteiger partial charge on any atom is -0.383 e. The third-order valence-electron chi connectivity index (χ3n) is 1.01. The third-order valence-corrected chi connectivity index (χ3v) is 1.94. The Bertz CT molecular complexity index is 176. The summed E-state index contributed by atoms with van der Waals surface area (Å²) in [5, 5.41) is -0.00771. The second kappa shape index (κ2) is 2.71. The van der Waals surface area contributed by atoms with E-state index in [0.717, 1.165) is 4.48 Å². The molecular weight excluding hydrogens is 203 g/mol. The van der Waals surface area contributed by atoms with Gasteiger partial charge in [-0.15, -0.1) is 11.6 Å². The number of halogens is 2. The summed E-state index contributed by atoms with van der Waals surface area (Å²) < 4.78 is 0.800. The predicted octanol–water partition coefficient (Wildman–Crippen LogP) is 1.24. The maximum Gasteiger partial charge on any atom is 0.132 e. The number of hydrogen-bond acceptors (Lipinski definition) is 2. The van der Waals surface area contributed by atoms with Crippen molar-refractivity contribution in [2.24, 2.45) is 10.7 Å². The zero-order valence-corrected chi connectivity index (χ0v) is 6.98. The van der Waals surface area contributed by atoms with Gasteiger partial charge in [0.2, 0.25) is 0 Å². The zero-order valence-electron chi connectivity index (χ0n) is 4.64. The van der Waals surface area contributed by atoms with E-state index in [1.807, 2.05) is 6.08 Å². The molecule has 0 bridgehead atoms. The Morgan fingerprint density at radius 3 is 3.00 bits per heavy atom. The first kappa shape index (κ1) is 7.09. The molecule has 0 aliphatic carbocycles. The Balaban J connectivity index is 2.75. The van der Waals surface area contributed by atoms with Crippen LogP contribution in [-0.2, 0) is 0 Å². The number of hydrogen-bond donors (Lipinski definition) is 1. The third kappa shape index (κ3) is 1.69. The van der Waals surface area contributed by atoms with Crippen molar-refractivity contribution < 1.29 is 0 Å². The fraction of sp³-hybridized carbons (Fsp3) is 0.400. The number of dihydropyridines is 1. The molecule has 1 heterocycles. The minimum absolute atomic E-state index is 0.00771. The van der Waals surface area contributed by atoms with E-state index >= 15 is 0 Å². The molecule has 4 heteroatoms. The van der Waals surface area contributed by atoms with Crippen molar-refractivity contribution in [2.75, 3.05) is 6.54 Å². The summed E-state index contributed by atoms with van der Waals surface area (Å²) in [6, 6.07) is 0. The smallest absolute Gasteiger partial charge is 0.132 e. The van der Waals surface area contributed by atoms with E-state index in [9.17, 15) is 0 Å². The van der Waals surface area contributed by atoms with Gasteiger partial charge in [0, 0.05) is 0 Å². The van der Waals surface area contributed by atoms with Crippen LogP contribution in [0.25, 0.3) is 0 Å². The fourth-order valence-electron chi connectivity index (χ4n) is 0.558. The lowest BCUT2D eigenvalue weighted by atomic mass is 10.3. The molecule has 2 nitrogen and oxygen atoms in total. The highest BCUT2D eigenvalue weighted by atomic mass is 79.9. The summed E-state index contributed by atoms with van der Waals surface area (Å²) in [4.78, 5) is 3.94. The lowest BCUT2D eigenvalue weighted by molar-refractivity contribution is 0.994. The number of amidine groups is 1. The largest absolute Gasteiger partial charge is 0.383 e. The van der Waals surface area contributed by atoms with Crippen LogP contribution in [0.3, 0.4) is 0 Å². The predicted molar refractivity (Wildman–Crippen MR) is 43.1 cm³/mol. The van der Waals surface area contributed by atoms with Crippen molar-refractivity contribution in [1.29, 1.82) is 0 Å². The summed E-state index contributed by atoms with van der Waals surface area (Å²) in [6.07, 6.45) is 1.84. The van der Waals surface area contributed by atoms with Crippen LogP contribution in [0.1, 0.15) is 0 Å². The van der Waals surface area contributed by atoms with Gasteiger partial charge in [-0.1, -0.05) is 0 Å². The molecule has 1 aliphatic rings. The summed E-state index contributed by atoms with van der Waals surface area (Å²) in [6.45, 7) is 0.586. The van der Waals surface area contributed by atoms with Crippen molar-refractivity contribution in [2.45, 2.75) is 5.38 Å². The van der Waals surface area contributed by atoms with Gasteiger partial charge >= 0.3 is 0 Å². The summed E-state index contributed by atoms with van der Waals surface area (Å²) >= 11 is 8.92. The average Bonchev–Trinajstić information content (AvgIpc) is 1.80.